The molecule has 5 heteroatoms. The topological polar surface area (TPSA) is 69.4 Å². The van der Waals surface area contributed by atoms with Crippen molar-refractivity contribution in [2.24, 2.45) is 0 Å². The molecule has 0 aliphatic carbocycles. The number of rotatable bonds is 5. The molecule has 2 aromatic rings. The highest BCUT2D eigenvalue weighted by atomic mass is 16.6. The van der Waals surface area contributed by atoms with Gasteiger partial charge in [-0.15, -0.1) is 0 Å². The van der Waals surface area contributed by atoms with Gasteiger partial charge in [0.2, 0.25) is 0 Å². The molecule has 0 saturated heterocycles. The number of hydrogen-bond acceptors (Lipinski definition) is 4. The third kappa shape index (κ3) is 3.79. The predicted molar refractivity (Wildman–Crippen MR) is 82.5 cm³/mol. The zero-order valence-corrected chi connectivity index (χ0v) is 12.0. The molecule has 0 aromatic heterocycles. The Bertz CT molecular complexity index is 678. The highest BCUT2D eigenvalue weighted by molar-refractivity contribution is 5.89. The van der Waals surface area contributed by atoms with Crippen molar-refractivity contribution < 1.29 is 14.5 Å². The molecule has 5 nitrogen and oxygen atoms in total. The predicted octanol–water partition coefficient (Wildman–Crippen LogP) is 4.07. The summed E-state index contributed by atoms with van der Waals surface area (Å²) in [7, 11) is 0. The summed E-state index contributed by atoms with van der Waals surface area (Å²) in [5.41, 5.74) is 1.07. The lowest BCUT2D eigenvalue weighted by Crippen LogP contribution is -2.10. The summed E-state index contributed by atoms with van der Waals surface area (Å²) in [6.07, 6.45) is 3.09. The van der Waals surface area contributed by atoms with Crippen molar-refractivity contribution in [3.05, 3.63) is 88.0 Å². The van der Waals surface area contributed by atoms with Gasteiger partial charge >= 0.3 is 5.97 Å². The lowest BCUT2D eigenvalue weighted by molar-refractivity contribution is -0.384. The van der Waals surface area contributed by atoms with Gasteiger partial charge in [-0.25, -0.2) is 4.79 Å². The number of hydrogen-bond donors (Lipinski definition) is 0. The van der Waals surface area contributed by atoms with Crippen molar-refractivity contribution in [1.82, 2.24) is 0 Å². The normalized spacial score (nSPS) is 12.0. The van der Waals surface area contributed by atoms with Crippen LogP contribution in [0, 0.1) is 10.1 Å². The molecule has 0 heterocycles. The Labute approximate surface area is 128 Å². The second-order valence-electron chi connectivity index (χ2n) is 4.57. The average Bonchev–Trinajstić information content (AvgIpc) is 2.55. The van der Waals surface area contributed by atoms with Gasteiger partial charge in [-0.1, -0.05) is 36.4 Å². The molecular formula is C17H15NO4. The molecule has 22 heavy (non-hydrogen) atoms. The second kappa shape index (κ2) is 7.17. The minimum atomic E-state index is -0.526. The Morgan fingerprint density at radius 1 is 1.14 bits per heavy atom. The first-order valence-electron chi connectivity index (χ1n) is 6.75. The number of carbonyl (C=O) groups excluding carboxylic acids is 1. The molecule has 0 saturated carbocycles. The molecular weight excluding hydrogens is 282 g/mol. The number of nitrogens with zero attached hydrogens (tertiary/aromatic N) is 1. The Kier molecular flexibility index (Phi) is 5.03. The van der Waals surface area contributed by atoms with Crippen molar-refractivity contribution in [2.75, 3.05) is 0 Å². The molecule has 0 amide bonds. The molecule has 112 valence electrons. The molecule has 2 rings (SSSR count). The zero-order chi connectivity index (χ0) is 15.9. The van der Waals surface area contributed by atoms with E-state index in [1.807, 2.05) is 37.3 Å². The third-order valence-electron chi connectivity index (χ3n) is 3.04. The van der Waals surface area contributed by atoms with Crippen LogP contribution < -0.4 is 0 Å². The van der Waals surface area contributed by atoms with E-state index in [-0.39, 0.29) is 11.3 Å². The van der Waals surface area contributed by atoms with Crippen LogP contribution in [0.1, 0.15) is 28.9 Å². The minimum absolute atomic E-state index is 0.0652. The summed E-state index contributed by atoms with van der Waals surface area (Å²) in [4.78, 5) is 22.3. The summed E-state index contributed by atoms with van der Waals surface area (Å²) in [6.45, 7) is 1.84. The number of benzene rings is 2. The minimum Gasteiger partial charge on any atom is -0.450 e. The fourth-order valence-corrected chi connectivity index (χ4v) is 1.94. The molecule has 0 radical (unpaired) electrons. The fourth-order valence-electron chi connectivity index (χ4n) is 1.94. The molecule has 0 spiro atoms. The molecule has 0 aliphatic heterocycles. The number of esters is 1. The van der Waals surface area contributed by atoms with Gasteiger partial charge in [0.15, 0.2) is 0 Å². The summed E-state index contributed by atoms with van der Waals surface area (Å²) < 4.78 is 5.47. The Balaban J connectivity index is 2.16. The van der Waals surface area contributed by atoms with Crippen LogP contribution >= 0.6 is 0 Å². The highest BCUT2D eigenvalue weighted by Gasteiger charge is 2.16. The van der Waals surface area contributed by atoms with Gasteiger partial charge in [0.1, 0.15) is 6.10 Å². The second-order valence-corrected chi connectivity index (χ2v) is 4.57. The van der Waals surface area contributed by atoms with E-state index >= 15 is 0 Å². The van der Waals surface area contributed by atoms with Crippen molar-refractivity contribution in [2.45, 2.75) is 13.0 Å². The quantitative estimate of drug-likeness (QED) is 0.361. The first-order chi connectivity index (χ1) is 10.6. The lowest BCUT2D eigenvalue weighted by atomic mass is 10.1. The van der Waals surface area contributed by atoms with Gasteiger partial charge in [-0.05, 0) is 30.7 Å². The summed E-state index contributed by atoms with van der Waals surface area (Å²) in [5.74, 6) is -0.526. The molecule has 0 bridgehead atoms. The van der Waals surface area contributed by atoms with E-state index in [0.717, 1.165) is 5.56 Å². The maximum atomic E-state index is 12.2. The molecule has 1 atom stereocenters. The maximum Gasteiger partial charge on any atom is 0.339 e. The van der Waals surface area contributed by atoms with Crippen LogP contribution in [0.15, 0.2) is 66.7 Å². The molecule has 2 aromatic carbocycles. The van der Waals surface area contributed by atoms with Crippen LogP contribution in [0.25, 0.3) is 0 Å². The number of ether oxygens (including phenoxy) is 1. The first kappa shape index (κ1) is 15.4. The van der Waals surface area contributed by atoms with E-state index in [1.54, 1.807) is 12.2 Å². The van der Waals surface area contributed by atoms with Gasteiger partial charge in [0, 0.05) is 12.1 Å². The van der Waals surface area contributed by atoms with E-state index in [4.69, 9.17) is 4.74 Å². The van der Waals surface area contributed by atoms with Crippen LogP contribution in [-0.2, 0) is 4.74 Å². The maximum absolute atomic E-state index is 12.2. The lowest BCUT2D eigenvalue weighted by Gasteiger charge is -2.14. The molecule has 0 fully saturated rings. The van der Waals surface area contributed by atoms with E-state index in [0.29, 0.717) is 0 Å². The number of allylic oxidation sites excluding steroid dienone is 1. The number of nitro benzene ring substituents is 1. The van der Waals surface area contributed by atoms with Crippen LogP contribution in [0.2, 0.25) is 0 Å². The third-order valence-corrected chi connectivity index (χ3v) is 3.04. The molecule has 0 unspecified atom stereocenters. The first-order valence-corrected chi connectivity index (χ1v) is 6.75. The van der Waals surface area contributed by atoms with Crippen molar-refractivity contribution >= 4 is 11.7 Å². The van der Waals surface area contributed by atoms with Crippen molar-refractivity contribution in [1.29, 1.82) is 0 Å². The van der Waals surface area contributed by atoms with Crippen LogP contribution in [0.5, 0.6) is 0 Å². The SMILES string of the molecule is C/C=C/[C@@H](OC(=O)c1ccc([N+](=O)[O-])cc1)c1ccccc1. The largest absolute Gasteiger partial charge is 0.450 e. The Hall–Kier alpha value is -2.95. The highest BCUT2D eigenvalue weighted by Crippen LogP contribution is 2.21. The van der Waals surface area contributed by atoms with Crippen LogP contribution in [-0.4, -0.2) is 10.9 Å². The van der Waals surface area contributed by atoms with E-state index in [2.05, 4.69) is 0 Å². The molecule has 0 aliphatic rings. The van der Waals surface area contributed by atoms with Gasteiger partial charge in [0.25, 0.3) is 5.69 Å². The van der Waals surface area contributed by atoms with E-state index in [1.165, 1.54) is 24.3 Å². The van der Waals surface area contributed by atoms with Gasteiger partial charge in [-0.2, -0.15) is 0 Å². The summed E-state index contributed by atoms with van der Waals surface area (Å²) in [6, 6.07) is 14.7. The monoisotopic (exact) mass is 297 g/mol. The van der Waals surface area contributed by atoms with Crippen molar-refractivity contribution in [3.8, 4) is 0 Å². The zero-order valence-electron chi connectivity index (χ0n) is 12.0. The average molecular weight is 297 g/mol. The standard InChI is InChI=1S/C17H15NO4/c1-2-6-16(13-7-4-3-5-8-13)22-17(19)14-9-11-15(12-10-14)18(20)21/h2-12,16H,1H3/b6-2+/t16-/m1/s1. The number of non-ortho nitro benzene ring substituents is 1. The van der Waals surface area contributed by atoms with E-state index in [9.17, 15) is 14.9 Å². The van der Waals surface area contributed by atoms with Crippen molar-refractivity contribution in [3.63, 3.8) is 0 Å². The number of nitro groups is 1. The van der Waals surface area contributed by atoms with Crippen LogP contribution in [0.3, 0.4) is 0 Å². The summed E-state index contributed by atoms with van der Waals surface area (Å²) in [5, 5.41) is 10.6. The molecule has 0 N–H and O–H groups in total. The Morgan fingerprint density at radius 3 is 2.32 bits per heavy atom. The number of carbonyl (C=O) groups is 1. The van der Waals surface area contributed by atoms with E-state index < -0.39 is 17.0 Å². The van der Waals surface area contributed by atoms with Gasteiger partial charge in [0.05, 0.1) is 10.5 Å². The van der Waals surface area contributed by atoms with Crippen LogP contribution in [0.4, 0.5) is 5.69 Å². The Morgan fingerprint density at radius 2 is 1.77 bits per heavy atom. The smallest absolute Gasteiger partial charge is 0.339 e. The van der Waals surface area contributed by atoms with Gasteiger partial charge in [-0.3, -0.25) is 10.1 Å². The van der Waals surface area contributed by atoms with Gasteiger partial charge < -0.3 is 4.74 Å². The summed E-state index contributed by atoms with van der Waals surface area (Å²) >= 11 is 0. The fraction of sp³-hybridized carbons (Fsp3) is 0.118.